The lowest BCUT2D eigenvalue weighted by atomic mass is 10.1. The topological polar surface area (TPSA) is 58.2 Å². The van der Waals surface area contributed by atoms with Crippen molar-refractivity contribution in [2.75, 3.05) is 13.1 Å². The first-order valence-electron chi connectivity index (χ1n) is 7.21. The van der Waals surface area contributed by atoms with Gasteiger partial charge in [-0.3, -0.25) is 0 Å². The number of nitrogens with one attached hydrogen (secondary N) is 2. The predicted molar refractivity (Wildman–Crippen MR) is 86.9 cm³/mol. The van der Waals surface area contributed by atoms with E-state index in [9.17, 15) is 8.42 Å². The van der Waals surface area contributed by atoms with Gasteiger partial charge in [-0.1, -0.05) is 50.2 Å². The summed E-state index contributed by atoms with van der Waals surface area (Å²) in [6, 6.07) is 13.3. The minimum absolute atomic E-state index is 0.345. The van der Waals surface area contributed by atoms with Gasteiger partial charge in [0.05, 0.1) is 4.90 Å². The Bertz CT molecular complexity index is 691. The summed E-state index contributed by atoms with van der Waals surface area (Å²) in [5, 5.41) is 4.96. The predicted octanol–water partition coefficient (Wildman–Crippen LogP) is 2.51. The fraction of sp³-hybridized carbons (Fsp3) is 0.375. The zero-order valence-electron chi connectivity index (χ0n) is 12.5. The monoisotopic (exact) mass is 306 g/mol. The van der Waals surface area contributed by atoms with Crippen molar-refractivity contribution in [3.05, 3.63) is 42.5 Å². The second kappa shape index (κ2) is 7.02. The Kier molecular flexibility index (Phi) is 5.33. The normalized spacial score (nSPS) is 12.1. The number of hydrogen-bond donors (Lipinski definition) is 2. The molecule has 0 aliphatic heterocycles. The van der Waals surface area contributed by atoms with Crippen molar-refractivity contribution in [3.8, 4) is 0 Å². The van der Waals surface area contributed by atoms with E-state index in [0.29, 0.717) is 17.5 Å². The summed E-state index contributed by atoms with van der Waals surface area (Å²) in [6.45, 7) is 5.38. The fourth-order valence-electron chi connectivity index (χ4n) is 2.19. The van der Waals surface area contributed by atoms with Crippen LogP contribution in [0.15, 0.2) is 47.4 Å². The molecule has 2 aromatic rings. The number of rotatable bonds is 7. The van der Waals surface area contributed by atoms with Gasteiger partial charge in [0, 0.05) is 18.0 Å². The van der Waals surface area contributed by atoms with Crippen molar-refractivity contribution >= 4 is 20.8 Å². The Morgan fingerprint density at radius 3 is 2.48 bits per heavy atom. The smallest absolute Gasteiger partial charge is 0.241 e. The quantitative estimate of drug-likeness (QED) is 0.773. The van der Waals surface area contributed by atoms with Gasteiger partial charge in [0.25, 0.3) is 0 Å². The summed E-state index contributed by atoms with van der Waals surface area (Å²) in [7, 11) is -3.47. The van der Waals surface area contributed by atoms with Crippen LogP contribution < -0.4 is 10.0 Å². The lowest BCUT2D eigenvalue weighted by Crippen LogP contribution is -2.29. The van der Waals surface area contributed by atoms with Crippen molar-refractivity contribution in [1.82, 2.24) is 10.0 Å². The molecule has 0 bridgehead atoms. The standard InChI is InChI=1S/C16H22N2O2S/c1-13(2)17-11-6-12-18-21(19,20)16-10-5-8-14-7-3-4-9-15(14)16/h3-5,7-10,13,17-18H,6,11-12H2,1-2H3. The van der Waals surface area contributed by atoms with Crippen LogP contribution in [-0.2, 0) is 10.0 Å². The molecule has 0 atom stereocenters. The van der Waals surface area contributed by atoms with Gasteiger partial charge >= 0.3 is 0 Å². The average molecular weight is 306 g/mol. The van der Waals surface area contributed by atoms with E-state index < -0.39 is 10.0 Å². The molecule has 2 aromatic carbocycles. The Labute approximate surface area is 126 Å². The van der Waals surface area contributed by atoms with Gasteiger partial charge in [0.15, 0.2) is 0 Å². The van der Waals surface area contributed by atoms with Crippen molar-refractivity contribution in [2.45, 2.75) is 31.2 Å². The molecule has 0 unspecified atom stereocenters. The highest BCUT2D eigenvalue weighted by Gasteiger charge is 2.16. The summed E-state index contributed by atoms with van der Waals surface area (Å²) < 4.78 is 27.5. The molecule has 0 radical (unpaired) electrons. The Hall–Kier alpha value is -1.43. The van der Waals surface area contributed by atoms with E-state index in [4.69, 9.17) is 0 Å². The van der Waals surface area contributed by atoms with Crippen molar-refractivity contribution in [1.29, 1.82) is 0 Å². The minimum atomic E-state index is -3.47. The van der Waals surface area contributed by atoms with Crippen molar-refractivity contribution in [2.24, 2.45) is 0 Å². The first-order chi connectivity index (χ1) is 10.0. The fourth-order valence-corrected chi connectivity index (χ4v) is 3.50. The van der Waals surface area contributed by atoms with E-state index in [-0.39, 0.29) is 0 Å². The summed E-state index contributed by atoms with van der Waals surface area (Å²) in [5.74, 6) is 0. The van der Waals surface area contributed by atoms with Crippen LogP contribution in [0, 0.1) is 0 Å². The molecule has 5 heteroatoms. The van der Waals surface area contributed by atoms with Gasteiger partial charge in [0.1, 0.15) is 0 Å². The highest BCUT2D eigenvalue weighted by atomic mass is 32.2. The molecule has 0 saturated carbocycles. The van der Waals surface area contributed by atoms with Gasteiger partial charge < -0.3 is 5.32 Å². The number of hydrogen-bond acceptors (Lipinski definition) is 3. The second-order valence-corrected chi connectivity index (χ2v) is 7.07. The third kappa shape index (κ3) is 4.27. The van der Waals surface area contributed by atoms with Gasteiger partial charge in [0.2, 0.25) is 10.0 Å². The van der Waals surface area contributed by atoms with Crippen LogP contribution in [0.1, 0.15) is 20.3 Å². The molecule has 0 aromatic heterocycles. The van der Waals surface area contributed by atoms with E-state index in [2.05, 4.69) is 23.9 Å². The molecule has 0 fully saturated rings. The molecule has 0 aliphatic carbocycles. The molecule has 4 nitrogen and oxygen atoms in total. The summed E-state index contributed by atoms with van der Waals surface area (Å²) in [6.07, 6.45) is 0.766. The molecule has 0 heterocycles. The van der Waals surface area contributed by atoms with Crippen LogP contribution in [-0.4, -0.2) is 27.5 Å². The van der Waals surface area contributed by atoms with Crippen LogP contribution in [0.5, 0.6) is 0 Å². The molecule has 2 rings (SSSR count). The molecule has 0 aliphatic rings. The second-order valence-electron chi connectivity index (χ2n) is 5.34. The number of fused-ring (bicyclic) bond motifs is 1. The lowest BCUT2D eigenvalue weighted by Gasteiger charge is -2.11. The first-order valence-corrected chi connectivity index (χ1v) is 8.70. The Morgan fingerprint density at radius 1 is 1.00 bits per heavy atom. The average Bonchev–Trinajstić information content (AvgIpc) is 2.46. The lowest BCUT2D eigenvalue weighted by molar-refractivity contribution is 0.555. The summed E-state index contributed by atoms with van der Waals surface area (Å²) in [5.41, 5.74) is 0. The van der Waals surface area contributed by atoms with Gasteiger partial charge in [-0.25, -0.2) is 13.1 Å². The first kappa shape index (κ1) is 15.9. The third-order valence-electron chi connectivity index (χ3n) is 3.24. The maximum Gasteiger partial charge on any atom is 0.241 e. The van der Waals surface area contributed by atoms with E-state index in [1.165, 1.54) is 0 Å². The minimum Gasteiger partial charge on any atom is -0.314 e. The SMILES string of the molecule is CC(C)NCCCNS(=O)(=O)c1cccc2ccccc12. The number of sulfonamides is 1. The van der Waals surface area contributed by atoms with E-state index >= 15 is 0 Å². The Morgan fingerprint density at radius 2 is 1.71 bits per heavy atom. The van der Waals surface area contributed by atoms with Gasteiger partial charge in [-0.2, -0.15) is 0 Å². The molecular weight excluding hydrogens is 284 g/mol. The Balaban J connectivity index is 2.08. The van der Waals surface area contributed by atoms with E-state index in [0.717, 1.165) is 23.7 Å². The third-order valence-corrected chi connectivity index (χ3v) is 4.76. The van der Waals surface area contributed by atoms with Crippen LogP contribution in [0.25, 0.3) is 10.8 Å². The molecule has 0 spiro atoms. The summed E-state index contributed by atoms with van der Waals surface area (Å²) >= 11 is 0. The summed E-state index contributed by atoms with van der Waals surface area (Å²) in [4.78, 5) is 0.345. The van der Waals surface area contributed by atoms with Crippen molar-refractivity contribution in [3.63, 3.8) is 0 Å². The van der Waals surface area contributed by atoms with Gasteiger partial charge in [-0.15, -0.1) is 0 Å². The molecule has 2 N–H and O–H groups in total. The molecule has 0 saturated heterocycles. The van der Waals surface area contributed by atoms with Crippen LogP contribution in [0.2, 0.25) is 0 Å². The van der Waals surface area contributed by atoms with Crippen LogP contribution >= 0.6 is 0 Å². The van der Waals surface area contributed by atoms with Crippen LogP contribution in [0.4, 0.5) is 0 Å². The highest BCUT2D eigenvalue weighted by molar-refractivity contribution is 7.89. The van der Waals surface area contributed by atoms with Crippen molar-refractivity contribution < 1.29 is 8.42 Å². The maximum absolute atomic E-state index is 12.4. The molecule has 114 valence electrons. The molecular formula is C16H22N2O2S. The van der Waals surface area contributed by atoms with E-state index in [1.54, 1.807) is 12.1 Å². The zero-order chi connectivity index (χ0) is 15.3. The van der Waals surface area contributed by atoms with E-state index in [1.807, 2.05) is 30.3 Å². The molecule has 21 heavy (non-hydrogen) atoms. The zero-order valence-corrected chi connectivity index (χ0v) is 13.3. The largest absolute Gasteiger partial charge is 0.314 e. The number of benzene rings is 2. The highest BCUT2D eigenvalue weighted by Crippen LogP contribution is 2.22. The maximum atomic E-state index is 12.4. The van der Waals surface area contributed by atoms with Crippen LogP contribution in [0.3, 0.4) is 0 Å². The molecule has 0 amide bonds. The van der Waals surface area contributed by atoms with Gasteiger partial charge in [-0.05, 0) is 24.4 Å².